The van der Waals surface area contributed by atoms with E-state index in [2.05, 4.69) is 4.74 Å². The van der Waals surface area contributed by atoms with Crippen LogP contribution < -0.4 is 0 Å². The van der Waals surface area contributed by atoms with Gasteiger partial charge in [-0.25, -0.2) is 4.79 Å². The van der Waals surface area contributed by atoms with Crippen LogP contribution in [-0.4, -0.2) is 37.5 Å². The van der Waals surface area contributed by atoms with E-state index in [1.807, 2.05) is 0 Å². The quantitative estimate of drug-likeness (QED) is 0.332. The first kappa shape index (κ1) is 17.4. The molecule has 0 spiro atoms. The van der Waals surface area contributed by atoms with Crippen molar-refractivity contribution in [2.75, 3.05) is 20.3 Å². The Balaban J connectivity index is 1.90. The molecule has 1 heterocycles. The van der Waals surface area contributed by atoms with Gasteiger partial charge in [0.25, 0.3) is 5.69 Å². The van der Waals surface area contributed by atoms with Crippen molar-refractivity contribution in [3.05, 3.63) is 39.4 Å². The fourth-order valence-corrected chi connectivity index (χ4v) is 2.51. The number of benzene rings is 1. The third-order valence-corrected chi connectivity index (χ3v) is 3.74. The first-order chi connectivity index (χ1) is 11.1. The number of carbonyl (C=O) groups excluding carboxylic acids is 1. The van der Waals surface area contributed by atoms with Crippen LogP contribution in [0.15, 0.2) is 18.2 Å². The van der Waals surface area contributed by atoms with Crippen LogP contribution in [-0.2, 0) is 20.6 Å². The lowest BCUT2D eigenvalue weighted by Gasteiger charge is -2.22. The van der Waals surface area contributed by atoms with Gasteiger partial charge < -0.3 is 14.2 Å². The Morgan fingerprint density at radius 1 is 1.43 bits per heavy atom. The first-order valence-corrected chi connectivity index (χ1v) is 7.70. The number of rotatable bonds is 7. The molecule has 0 N–H and O–H groups in total. The Morgan fingerprint density at radius 2 is 2.26 bits per heavy atom. The minimum Gasteiger partial charge on any atom is -0.465 e. The molecule has 1 aromatic rings. The molecule has 1 atom stereocenters. The number of hydrogen-bond acceptors (Lipinski definition) is 6. The molecule has 2 rings (SSSR count). The van der Waals surface area contributed by atoms with Crippen molar-refractivity contribution in [3.8, 4) is 0 Å². The zero-order valence-corrected chi connectivity index (χ0v) is 13.2. The second kappa shape index (κ2) is 8.59. The summed E-state index contributed by atoms with van der Waals surface area (Å²) >= 11 is 0. The molecule has 1 aliphatic rings. The highest BCUT2D eigenvalue weighted by Crippen LogP contribution is 2.22. The van der Waals surface area contributed by atoms with Gasteiger partial charge in [-0.15, -0.1) is 0 Å². The van der Waals surface area contributed by atoms with Gasteiger partial charge in [0.1, 0.15) is 0 Å². The molecular weight excluding hydrogens is 302 g/mol. The van der Waals surface area contributed by atoms with Gasteiger partial charge in [0.2, 0.25) is 0 Å². The summed E-state index contributed by atoms with van der Waals surface area (Å²) < 4.78 is 15.7. The maximum atomic E-state index is 11.5. The van der Waals surface area contributed by atoms with Gasteiger partial charge >= 0.3 is 5.97 Å². The number of carbonyl (C=O) groups is 1. The average Bonchev–Trinajstić information content (AvgIpc) is 2.58. The first-order valence-electron chi connectivity index (χ1n) is 7.70. The highest BCUT2D eigenvalue weighted by molar-refractivity contribution is 5.90. The lowest BCUT2D eigenvalue weighted by atomic mass is 10.0. The lowest BCUT2D eigenvalue weighted by Crippen LogP contribution is -2.22. The molecule has 0 aliphatic carbocycles. The van der Waals surface area contributed by atoms with Crippen molar-refractivity contribution in [2.24, 2.45) is 0 Å². The van der Waals surface area contributed by atoms with E-state index in [9.17, 15) is 14.9 Å². The third-order valence-electron chi connectivity index (χ3n) is 3.74. The monoisotopic (exact) mass is 323 g/mol. The second-order valence-corrected chi connectivity index (χ2v) is 5.36. The third kappa shape index (κ3) is 5.01. The molecule has 1 aliphatic heterocycles. The summed E-state index contributed by atoms with van der Waals surface area (Å²) in [5.74, 6) is -0.586. The summed E-state index contributed by atoms with van der Waals surface area (Å²) in [4.78, 5) is 22.1. The van der Waals surface area contributed by atoms with Gasteiger partial charge in [0, 0.05) is 18.2 Å². The fraction of sp³-hybridized carbons (Fsp3) is 0.562. The molecule has 1 unspecified atom stereocenters. The van der Waals surface area contributed by atoms with Crippen LogP contribution in [0.1, 0.15) is 41.6 Å². The van der Waals surface area contributed by atoms with Gasteiger partial charge in [-0.3, -0.25) is 10.1 Å². The summed E-state index contributed by atoms with van der Waals surface area (Å²) in [6, 6.07) is 4.40. The molecule has 1 aromatic carbocycles. The predicted octanol–water partition coefficient (Wildman–Crippen LogP) is 2.86. The lowest BCUT2D eigenvalue weighted by molar-refractivity contribution is -0.385. The summed E-state index contributed by atoms with van der Waals surface area (Å²) in [6.07, 6.45) is 4.07. The normalized spacial score (nSPS) is 17.7. The Hall–Kier alpha value is -1.99. The summed E-state index contributed by atoms with van der Waals surface area (Å²) in [7, 11) is 1.24. The number of hydrogen-bond donors (Lipinski definition) is 0. The predicted molar refractivity (Wildman–Crippen MR) is 82.3 cm³/mol. The van der Waals surface area contributed by atoms with Crippen LogP contribution in [0.2, 0.25) is 0 Å². The molecule has 0 amide bonds. The largest absolute Gasteiger partial charge is 0.465 e. The number of ether oxygens (including phenoxy) is 3. The number of methoxy groups -OCH3 is 1. The van der Waals surface area contributed by atoms with E-state index in [4.69, 9.17) is 9.47 Å². The summed E-state index contributed by atoms with van der Waals surface area (Å²) in [5.41, 5.74) is 0.687. The maximum absolute atomic E-state index is 11.5. The molecule has 126 valence electrons. The molecule has 0 bridgehead atoms. The van der Waals surface area contributed by atoms with Gasteiger partial charge in [-0.05, 0) is 38.2 Å². The molecule has 7 nitrogen and oxygen atoms in total. The number of nitrogens with zero attached hydrogens (tertiary/aromatic N) is 1. The highest BCUT2D eigenvalue weighted by atomic mass is 16.7. The van der Waals surface area contributed by atoms with Gasteiger partial charge in [0.05, 0.1) is 24.2 Å². The van der Waals surface area contributed by atoms with Crippen molar-refractivity contribution in [3.63, 3.8) is 0 Å². The zero-order chi connectivity index (χ0) is 16.7. The summed E-state index contributed by atoms with van der Waals surface area (Å²) in [5, 5.41) is 11.2. The minimum atomic E-state index is -0.586. The maximum Gasteiger partial charge on any atom is 0.338 e. The number of aryl methyl sites for hydroxylation is 1. The average molecular weight is 323 g/mol. The highest BCUT2D eigenvalue weighted by Gasteiger charge is 2.18. The van der Waals surface area contributed by atoms with Crippen molar-refractivity contribution >= 4 is 11.7 Å². The topological polar surface area (TPSA) is 87.9 Å². The van der Waals surface area contributed by atoms with E-state index in [1.54, 1.807) is 12.1 Å². The fourth-order valence-electron chi connectivity index (χ4n) is 2.51. The molecule has 0 saturated carbocycles. The van der Waals surface area contributed by atoms with Gasteiger partial charge in [-0.2, -0.15) is 0 Å². The molecule has 23 heavy (non-hydrogen) atoms. The van der Waals surface area contributed by atoms with Crippen molar-refractivity contribution < 1.29 is 23.9 Å². The van der Waals surface area contributed by atoms with Crippen LogP contribution in [0.4, 0.5) is 5.69 Å². The molecule has 0 aromatic heterocycles. The van der Waals surface area contributed by atoms with Crippen molar-refractivity contribution in [1.29, 1.82) is 0 Å². The number of nitro groups is 1. The Morgan fingerprint density at radius 3 is 2.91 bits per heavy atom. The second-order valence-electron chi connectivity index (χ2n) is 5.36. The molecule has 1 fully saturated rings. The van der Waals surface area contributed by atoms with E-state index in [0.717, 1.165) is 25.9 Å². The van der Waals surface area contributed by atoms with Crippen LogP contribution in [0.3, 0.4) is 0 Å². The number of esters is 1. The Kier molecular flexibility index (Phi) is 6.49. The van der Waals surface area contributed by atoms with E-state index in [1.165, 1.54) is 13.2 Å². The molecular formula is C16H21NO6. The van der Waals surface area contributed by atoms with Crippen molar-refractivity contribution in [2.45, 2.75) is 38.4 Å². The zero-order valence-electron chi connectivity index (χ0n) is 13.2. The van der Waals surface area contributed by atoms with Crippen molar-refractivity contribution in [1.82, 2.24) is 0 Å². The van der Waals surface area contributed by atoms with Crippen LogP contribution in [0, 0.1) is 10.1 Å². The number of nitro benzene ring substituents is 1. The van der Waals surface area contributed by atoms with Crippen LogP contribution in [0.25, 0.3) is 0 Å². The van der Waals surface area contributed by atoms with E-state index in [-0.39, 0.29) is 17.5 Å². The Bertz CT molecular complexity index is 554. The molecule has 1 saturated heterocycles. The van der Waals surface area contributed by atoms with Gasteiger partial charge in [-0.1, -0.05) is 6.07 Å². The SMILES string of the molecule is COC(=O)c1ccc(CCCOC2CCCCO2)c([N+](=O)[O-])c1. The Labute approximate surface area is 134 Å². The minimum absolute atomic E-state index is 0.0678. The molecule has 0 radical (unpaired) electrons. The molecule has 7 heteroatoms. The summed E-state index contributed by atoms with van der Waals surface area (Å²) in [6.45, 7) is 1.21. The van der Waals surface area contributed by atoms with E-state index < -0.39 is 10.9 Å². The van der Waals surface area contributed by atoms with Crippen LogP contribution >= 0.6 is 0 Å². The van der Waals surface area contributed by atoms with Crippen LogP contribution in [0.5, 0.6) is 0 Å². The standard InChI is InChI=1S/C16H21NO6/c1-21-16(18)13-8-7-12(14(11-13)17(19)20)5-4-10-23-15-6-2-3-9-22-15/h7-8,11,15H,2-6,9-10H2,1H3. The van der Waals surface area contributed by atoms with E-state index >= 15 is 0 Å². The smallest absolute Gasteiger partial charge is 0.338 e. The van der Waals surface area contributed by atoms with Gasteiger partial charge in [0.15, 0.2) is 6.29 Å². The van der Waals surface area contributed by atoms with E-state index in [0.29, 0.717) is 25.0 Å².